The van der Waals surface area contributed by atoms with Crippen LogP contribution in [0, 0.1) is 5.92 Å². The summed E-state index contributed by atoms with van der Waals surface area (Å²) >= 11 is 0. The molecule has 8 heteroatoms. The molecule has 0 saturated carbocycles. The largest absolute Gasteiger partial charge is 0.504 e. The van der Waals surface area contributed by atoms with Gasteiger partial charge in [0.25, 0.3) is 0 Å². The minimum absolute atomic E-state index is 0.0528. The van der Waals surface area contributed by atoms with Crippen molar-refractivity contribution in [1.29, 1.82) is 0 Å². The number of esters is 2. The van der Waals surface area contributed by atoms with Crippen LogP contribution in [0.25, 0.3) is 0 Å². The summed E-state index contributed by atoms with van der Waals surface area (Å²) in [6.45, 7) is 1.72. The maximum atomic E-state index is 12.2. The molecule has 0 unspecified atom stereocenters. The molecule has 0 aromatic heterocycles. The van der Waals surface area contributed by atoms with E-state index in [1.807, 2.05) is 0 Å². The van der Waals surface area contributed by atoms with E-state index in [1.54, 1.807) is 19.1 Å². The number of aromatic hydroxyl groups is 2. The van der Waals surface area contributed by atoms with Crippen molar-refractivity contribution in [2.45, 2.75) is 26.1 Å². The van der Waals surface area contributed by atoms with Gasteiger partial charge in [0.1, 0.15) is 0 Å². The average Bonchev–Trinajstić information content (AvgIpc) is 2.64. The van der Waals surface area contributed by atoms with Gasteiger partial charge in [-0.25, -0.2) is 4.79 Å². The molecule has 27 heavy (non-hydrogen) atoms. The van der Waals surface area contributed by atoms with Gasteiger partial charge in [0.2, 0.25) is 6.29 Å². The number of allylic oxidation sites excluding steroid dienone is 1. The summed E-state index contributed by atoms with van der Waals surface area (Å²) in [5, 5.41) is 28.7. The molecule has 1 aliphatic rings. The van der Waals surface area contributed by atoms with E-state index in [9.17, 15) is 24.9 Å². The van der Waals surface area contributed by atoms with Gasteiger partial charge in [-0.05, 0) is 24.6 Å². The van der Waals surface area contributed by atoms with Crippen LogP contribution in [-0.4, -0.2) is 47.3 Å². The Morgan fingerprint density at radius 1 is 1.26 bits per heavy atom. The molecule has 1 heterocycles. The van der Waals surface area contributed by atoms with Crippen molar-refractivity contribution in [1.82, 2.24) is 0 Å². The summed E-state index contributed by atoms with van der Waals surface area (Å²) in [4.78, 5) is 24.1. The van der Waals surface area contributed by atoms with Crippen LogP contribution in [-0.2, 0) is 30.2 Å². The number of methoxy groups -OCH3 is 1. The minimum Gasteiger partial charge on any atom is -0.504 e. The van der Waals surface area contributed by atoms with Gasteiger partial charge in [-0.3, -0.25) is 4.79 Å². The van der Waals surface area contributed by atoms with E-state index in [2.05, 4.69) is 0 Å². The second-order valence-corrected chi connectivity index (χ2v) is 5.89. The predicted molar refractivity (Wildman–Crippen MR) is 93.5 cm³/mol. The fourth-order valence-electron chi connectivity index (χ4n) is 2.76. The summed E-state index contributed by atoms with van der Waals surface area (Å²) in [5.74, 6) is -2.41. The molecule has 0 saturated heterocycles. The van der Waals surface area contributed by atoms with Crippen molar-refractivity contribution in [3.05, 3.63) is 47.2 Å². The monoisotopic (exact) mass is 378 g/mol. The van der Waals surface area contributed by atoms with Crippen LogP contribution in [0.4, 0.5) is 0 Å². The standard InChI is InChI=1S/C19H22O8/c1-3-12-13(14(18(23)25-2)10-27-19(12)24)9-17(22)26-7-6-11-4-5-15(20)16(21)8-11/h3-5,8,10,13,19-21,24H,6-7,9H2,1-2H3/b12-3-/t13-,19-/m1/s1. The zero-order valence-corrected chi connectivity index (χ0v) is 15.0. The maximum Gasteiger partial charge on any atom is 0.337 e. The summed E-state index contributed by atoms with van der Waals surface area (Å²) in [5.41, 5.74) is 1.18. The fraction of sp³-hybridized carbons (Fsp3) is 0.368. The number of carbonyl (C=O) groups excluding carboxylic acids is 2. The molecule has 8 nitrogen and oxygen atoms in total. The number of hydrogen-bond acceptors (Lipinski definition) is 8. The van der Waals surface area contributed by atoms with Gasteiger partial charge in [-0.1, -0.05) is 12.1 Å². The quantitative estimate of drug-likeness (QED) is 0.387. The number of rotatable bonds is 6. The average molecular weight is 378 g/mol. The van der Waals surface area contributed by atoms with Crippen LogP contribution in [0.1, 0.15) is 18.9 Å². The molecule has 0 bridgehead atoms. The maximum absolute atomic E-state index is 12.2. The molecule has 3 N–H and O–H groups in total. The Bertz CT molecular complexity index is 765. The molecule has 0 amide bonds. The first kappa shape index (κ1) is 20.3. The molecule has 0 fully saturated rings. The second kappa shape index (κ2) is 9.09. The van der Waals surface area contributed by atoms with Gasteiger partial charge >= 0.3 is 11.9 Å². The Balaban J connectivity index is 1.99. The van der Waals surface area contributed by atoms with E-state index in [4.69, 9.17) is 14.2 Å². The Morgan fingerprint density at radius 2 is 2.00 bits per heavy atom. The van der Waals surface area contributed by atoms with Crippen LogP contribution in [0.5, 0.6) is 11.5 Å². The topological polar surface area (TPSA) is 123 Å². The van der Waals surface area contributed by atoms with E-state index in [-0.39, 0.29) is 30.1 Å². The molecular formula is C19H22O8. The predicted octanol–water partition coefficient (Wildman–Crippen LogP) is 1.54. The molecule has 0 radical (unpaired) electrons. The number of phenolic OH excluding ortho intramolecular Hbond substituents is 2. The highest BCUT2D eigenvalue weighted by molar-refractivity contribution is 5.90. The van der Waals surface area contributed by atoms with E-state index in [0.717, 1.165) is 6.26 Å². The fourth-order valence-corrected chi connectivity index (χ4v) is 2.76. The van der Waals surface area contributed by atoms with Crippen molar-refractivity contribution in [2.24, 2.45) is 5.92 Å². The van der Waals surface area contributed by atoms with Gasteiger partial charge in [0, 0.05) is 17.9 Å². The van der Waals surface area contributed by atoms with Crippen LogP contribution in [0.2, 0.25) is 0 Å². The zero-order chi connectivity index (χ0) is 20.0. The van der Waals surface area contributed by atoms with Crippen LogP contribution in [0.15, 0.2) is 41.7 Å². The molecule has 0 spiro atoms. The number of carbonyl (C=O) groups is 2. The Morgan fingerprint density at radius 3 is 2.63 bits per heavy atom. The highest BCUT2D eigenvalue weighted by Crippen LogP contribution is 2.33. The number of ether oxygens (including phenoxy) is 3. The molecule has 2 atom stereocenters. The number of hydrogen-bond donors (Lipinski definition) is 3. The van der Waals surface area contributed by atoms with E-state index in [0.29, 0.717) is 17.6 Å². The summed E-state index contributed by atoms with van der Waals surface area (Å²) < 4.78 is 14.9. The summed E-state index contributed by atoms with van der Waals surface area (Å²) in [6, 6.07) is 4.34. The normalized spacial score (nSPS) is 20.6. The highest BCUT2D eigenvalue weighted by atomic mass is 16.6. The van der Waals surface area contributed by atoms with Crippen LogP contribution in [0.3, 0.4) is 0 Å². The molecule has 0 aliphatic carbocycles. The van der Waals surface area contributed by atoms with Gasteiger partial charge in [-0.15, -0.1) is 0 Å². The Kier molecular flexibility index (Phi) is 6.84. The molecule has 1 aromatic carbocycles. The van der Waals surface area contributed by atoms with Crippen molar-refractivity contribution in [3.8, 4) is 11.5 Å². The van der Waals surface area contributed by atoms with Crippen LogP contribution < -0.4 is 0 Å². The molecule has 146 valence electrons. The second-order valence-electron chi connectivity index (χ2n) is 5.89. The lowest BCUT2D eigenvalue weighted by molar-refractivity contribution is -0.145. The Labute approximate surface area is 156 Å². The number of benzene rings is 1. The molecule has 1 aliphatic heterocycles. The molecular weight excluding hydrogens is 356 g/mol. The summed E-state index contributed by atoms with van der Waals surface area (Å²) in [7, 11) is 1.21. The zero-order valence-electron chi connectivity index (χ0n) is 15.0. The third-order valence-electron chi connectivity index (χ3n) is 4.21. The molecule has 1 aromatic rings. The first-order chi connectivity index (χ1) is 12.9. The van der Waals surface area contributed by atoms with Crippen molar-refractivity contribution in [2.75, 3.05) is 13.7 Å². The smallest absolute Gasteiger partial charge is 0.337 e. The Hall–Kier alpha value is -3.00. The lowest BCUT2D eigenvalue weighted by Gasteiger charge is -2.28. The van der Waals surface area contributed by atoms with E-state index >= 15 is 0 Å². The summed E-state index contributed by atoms with van der Waals surface area (Å²) in [6.07, 6.45) is 1.60. The first-order valence-corrected chi connectivity index (χ1v) is 8.31. The first-order valence-electron chi connectivity index (χ1n) is 8.31. The minimum atomic E-state index is -1.25. The number of aliphatic hydroxyl groups is 1. The SMILES string of the molecule is C/C=C1\[C@H](O)OC=C(C(=O)OC)[C@@H]1CC(=O)OCCc1ccc(O)c(O)c1. The third kappa shape index (κ3) is 5.01. The van der Waals surface area contributed by atoms with Crippen molar-refractivity contribution in [3.63, 3.8) is 0 Å². The number of phenols is 2. The third-order valence-corrected chi connectivity index (χ3v) is 4.21. The lowest BCUT2D eigenvalue weighted by atomic mass is 9.86. The van der Waals surface area contributed by atoms with Crippen LogP contribution >= 0.6 is 0 Å². The van der Waals surface area contributed by atoms with E-state index < -0.39 is 24.1 Å². The van der Waals surface area contributed by atoms with Gasteiger partial charge in [-0.2, -0.15) is 0 Å². The van der Waals surface area contributed by atoms with Gasteiger partial charge < -0.3 is 29.5 Å². The van der Waals surface area contributed by atoms with E-state index in [1.165, 1.54) is 19.2 Å². The molecule has 2 rings (SSSR count). The highest BCUT2D eigenvalue weighted by Gasteiger charge is 2.35. The van der Waals surface area contributed by atoms with Crippen molar-refractivity contribution < 1.29 is 39.1 Å². The van der Waals surface area contributed by atoms with Crippen molar-refractivity contribution >= 4 is 11.9 Å². The number of aliphatic hydroxyl groups excluding tert-OH is 1. The van der Waals surface area contributed by atoms with Gasteiger partial charge in [0.05, 0.1) is 32.0 Å². The van der Waals surface area contributed by atoms with Gasteiger partial charge in [0.15, 0.2) is 11.5 Å². The lowest BCUT2D eigenvalue weighted by Crippen LogP contribution is -2.31.